The number of carbonyl (C=O) groups is 2. The van der Waals surface area contributed by atoms with Crippen LogP contribution in [0.5, 0.6) is 0 Å². The summed E-state index contributed by atoms with van der Waals surface area (Å²) in [6, 6.07) is 5.84. The minimum absolute atomic E-state index is 0.0502. The van der Waals surface area contributed by atoms with Crippen molar-refractivity contribution in [3.63, 3.8) is 0 Å². The molecule has 0 aliphatic rings. The van der Waals surface area contributed by atoms with E-state index in [1.165, 1.54) is 24.7 Å². The van der Waals surface area contributed by atoms with Gasteiger partial charge in [-0.2, -0.15) is 0 Å². The zero-order valence-electron chi connectivity index (χ0n) is 13.4. The monoisotopic (exact) mass is 347 g/mol. The number of carbonyl (C=O) groups excluding carboxylic acids is 2. The highest BCUT2D eigenvalue weighted by Crippen LogP contribution is 2.25. The van der Waals surface area contributed by atoms with Gasteiger partial charge in [0.1, 0.15) is 5.69 Å². The van der Waals surface area contributed by atoms with Crippen molar-refractivity contribution in [2.45, 2.75) is 19.4 Å². The number of hydrogen-bond acceptors (Lipinski definition) is 6. The Bertz CT molecular complexity index is 772. The predicted molar refractivity (Wildman–Crippen MR) is 87.8 cm³/mol. The van der Waals surface area contributed by atoms with Crippen LogP contribution in [0.3, 0.4) is 0 Å². The number of rotatable bonds is 6. The molecule has 3 N–H and O–H groups in total. The maximum absolute atomic E-state index is 11.9. The molecule has 1 atom stereocenters. The highest BCUT2D eigenvalue weighted by molar-refractivity contribution is 6.39. The van der Waals surface area contributed by atoms with Gasteiger partial charge in [-0.15, -0.1) is 0 Å². The fourth-order valence-electron chi connectivity index (χ4n) is 2.11. The number of nitro groups is 1. The quantitative estimate of drug-likeness (QED) is 0.413. The van der Waals surface area contributed by atoms with Crippen molar-refractivity contribution in [1.29, 1.82) is 0 Å². The molecule has 1 heterocycles. The van der Waals surface area contributed by atoms with Gasteiger partial charge in [0, 0.05) is 18.2 Å². The lowest BCUT2D eigenvalue weighted by Gasteiger charge is -2.10. The number of aliphatic hydroxyl groups excluding tert-OH is 1. The third-order valence-electron chi connectivity index (χ3n) is 3.44. The van der Waals surface area contributed by atoms with Crippen LogP contribution in [0, 0.1) is 17.0 Å². The highest BCUT2D eigenvalue weighted by Gasteiger charge is 2.20. The van der Waals surface area contributed by atoms with Crippen LogP contribution in [0.15, 0.2) is 41.2 Å². The number of nitrogens with one attached hydrogen (secondary N) is 2. The average molecular weight is 347 g/mol. The Kier molecular flexibility index (Phi) is 5.85. The minimum atomic E-state index is -1.02. The van der Waals surface area contributed by atoms with E-state index < -0.39 is 22.8 Å². The Balaban J connectivity index is 1.88. The topological polar surface area (TPSA) is 135 Å². The van der Waals surface area contributed by atoms with Crippen molar-refractivity contribution in [2.75, 3.05) is 11.9 Å². The maximum Gasteiger partial charge on any atom is 0.313 e. The zero-order chi connectivity index (χ0) is 18.4. The molecule has 0 saturated heterocycles. The van der Waals surface area contributed by atoms with Crippen LogP contribution >= 0.6 is 0 Å². The minimum Gasteiger partial charge on any atom is -0.472 e. The van der Waals surface area contributed by atoms with E-state index in [1.807, 2.05) is 0 Å². The number of benzene rings is 1. The van der Waals surface area contributed by atoms with Crippen LogP contribution in [0.2, 0.25) is 0 Å². The molecule has 0 aliphatic heterocycles. The Morgan fingerprint density at radius 1 is 1.32 bits per heavy atom. The molecule has 0 aliphatic carbocycles. The number of aliphatic hydroxyl groups is 1. The number of hydrogen-bond donors (Lipinski definition) is 3. The lowest BCUT2D eigenvalue weighted by molar-refractivity contribution is -0.384. The van der Waals surface area contributed by atoms with Crippen molar-refractivity contribution in [2.24, 2.45) is 0 Å². The summed E-state index contributed by atoms with van der Waals surface area (Å²) in [5.41, 5.74) is 0.863. The van der Waals surface area contributed by atoms with E-state index in [0.717, 1.165) is 0 Å². The molecular formula is C16H17N3O6. The van der Waals surface area contributed by atoms with Crippen LogP contribution in [0.1, 0.15) is 23.7 Å². The number of amides is 2. The molecule has 0 fully saturated rings. The molecule has 25 heavy (non-hydrogen) atoms. The third-order valence-corrected chi connectivity index (χ3v) is 3.44. The zero-order valence-corrected chi connectivity index (χ0v) is 13.4. The average Bonchev–Trinajstić information content (AvgIpc) is 3.10. The SMILES string of the molecule is Cc1ccc(NC(=O)C(=O)NCCC(O)c2ccoc2)c([N+](=O)[O-])c1. The molecule has 1 aromatic carbocycles. The molecule has 2 rings (SSSR count). The first-order valence-electron chi connectivity index (χ1n) is 7.43. The van der Waals surface area contributed by atoms with Crippen molar-refractivity contribution < 1.29 is 24.0 Å². The molecule has 0 spiro atoms. The summed E-state index contributed by atoms with van der Waals surface area (Å²) in [6.07, 6.45) is 2.15. The van der Waals surface area contributed by atoms with Gasteiger partial charge in [-0.1, -0.05) is 6.07 Å². The Labute approximate surface area is 142 Å². The molecule has 9 heteroatoms. The molecule has 2 aromatic rings. The van der Waals surface area contributed by atoms with Crippen LogP contribution in [0.4, 0.5) is 11.4 Å². The number of furan rings is 1. The van der Waals surface area contributed by atoms with E-state index in [1.54, 1.807) is 19.1 Å². The second-order valence-electron chi connectivity index (χ2n) is 5.35. The molecule has 0 bridgehead atoms. The molecular weight excluding hydrogens is 330 g/mol. The summed E-state index contributed by atoms with van der Waals surface area (Å²) >= 11 is 0. The van der Waals surface area contributed by atoms with Gasteiger partial charge in [0.05, 0.1) is 23.6 Å². The molecule has 9 nitrogen and oxygen atoms in total. The molecule has 0 saturated carbocycles. The molecule has 2 amide bonds. The molecule has 132 valence electrons. The Hall–Kier alpha value is -3.20. The van der Waals surface area contributed by atoms with Crippen LogP contribution < -0.4 is 10.6 Å². The van der Waals surface area contributed by atoms with Crippen molar-refractivity contribution >= 4 is 23.2 Å². The first kappa shape index (κ1) is 18.1. The van der Waals surface area contributed by atoms with Gasteiger partial charge in [0.25, 0.3) is 5.69 Å². The standard InChI is InChI=1S/C16H17N3O6/c1-10-2-3-12(13(8-10)19(23)24)18-16(22)15(21)17-6-4-14(20)11-5-7-25-9-11/h2-3,5,7-9,14,20H,4,6H2,1H3,(H,17,21)(H,18,22). The van der Waals surface area contributed by atoms with Crippen molar-refractivity contribution in [3.05, 3.63) is 58.0 Å². The second-order valence-corrected chi connectivity index (χ2v) is 5.35. The number of nitro benzene ring substituents is 1. The third kappa shape index (κ3) is 4.88. The maximum atomic E-state index is 11.9. The predicted octanol–water partition coefficient (Wildman–Crippen LogP) is 1.67. The Morgan fingerprint density at radius 2 is 2.08 bits per heavy atom. The van der Waals surface area contributed by atoms with Crippen molar-refractivity contribution in [1.82, 2.24) is 5.32 Å². The van der Waals surface area contributed by atoms with Crippen LogP contribution in [0.25, 0.3) is 0 Å². The van der Waals surface area contributed by atoms with Crippen LogP contribution in [-0.2, 0) is 9.59 Å². The Morgan fingerprint density at radius 3 is 2.72 bits per heavy atom. The second kappa shape index (κ2) is 8.06. The number of nitrogens with zero attached hydrogens (tertiary/aromatic N) is 1. The lowest BCUT2D eigenvalue weighted by atomic mass is 10.1. The summed E-state index contributed by atoms with van der Waals surface area (Å²) in [7, 11) is 0. The largest absolute Gasteiger partial charge is 0.472 e. The smallest absolute Gasteiger partial charge is 0.313 e. The first-order chi connectivity index (χ1) is 11.9. The normalized spacial score (nSPS) is 11.6. The van der Waals surface area contributed by atoms with E-state index in [4.69, 9.17) is 4.42 Å². The highest BCUT2D eigenvalue weighted by atomic mass is 16.6. The molecule has 1 unspecified atom stereocenters. The van der Waals surface area contributed by atoms with Gasteiger partial charge in [-0.3, -0.25) is 19.7 Å². The van der Waals surface area contributed by atoms with Gasteiger partial charge in [0.15, 0.2) is 0 Å². The van der Waals surface area contributed by atoms with Gasteiger partial charge in [-0.25, -0.2) is 0 Å². The van der Waals surface area contributed by atoms with Gasteiger partial charge in [-0.05, 0) is 31.0 Å². The fourth-order valence-corrected chi connectivity index (χ4v) is 2.11. The van der Waals surface area contributed by atoms with E-state index in [-0.39, 0.29) is 24.3 Å². The van der Waals surface area contributed by atoms with Crippen molar-refractivity contribution in [3.8, 4) is 0 Å². The summed E-state index contributed by atoms with van der Waals surface area (Å²) < 4.78 is 4.84. The molecule has 0 radical (unpaired) electrons. The summed E-state index contributed by atoms with van der Waals surface area (Å²) in [5.74, 6) is -1.97. The fraction of sp³-hybridized carbons (Fsp3) is 0.250. The van der Waals surface area contributed by atoms with Crippen LogP contribution in [-0.4, -0.2) is 28.4 Å². The number of anilines is 1. The summed E-state index contributed by atoms with van der Waals surface area (Å²) in [6.45, 7) is 1.73. The number of aryl methyl sites for hydroxylation is 1. The summed E-state index contributed by atoms with van der Waals surface area (Å²) in [4.78, 5) is 34.0. The molecule has 1 aromatic heterocycles. The van der Waals surface area contributed by atoms with E-state index in [0.29, 0.717) is 11.1 Å². The van der Waals surface area contributed by atoms with Gasteiger partial charge in [0.2, 0.25) is 0 Å². The van der Waals surface area contributed by atoms with Gasteiger partial charge < -0.3 is 20.2 Å². The van der Waals surface area contributed by atoms with Gasteiger partial charge >= 0.3 is 11.8 Å². The summed E-state index contributed by atoms with van der Waals surface area (Å²) in [5, 5.41) is 25.4. The van der Waals surface area contributed by atoms with E-state index in [2.05, 4.69) is 10.6 Å². The van der Waals surface area contributed by atoms with E-state index >= 15 is 0 Å². The first-order valence-corrected chi connectivity index (χ1v) is 7.43. The van der Waals surface area contributed by atoms with E-state index in [9.17, 15) is 24.8 Å². The lowest BCUT2D eigenvalue weighted by Crippen LogP contribution is -2.36.